The van der Waals surface area contributed by atoms with E-state index in [-0.39, 0.29) is 5.78 Å². The van der Waals surface area contributed by atoms with Crippen molar-refractivity contribution in [1.82, 2.24) is 10.0 Å². The van der Waals surface area contributed by atoms with Gasteiger partial charge in [0.2, 0.25) is 0 Å². The fraction of sp³-hybridized carbons (Fsp3) is 0.731. The van der Waals surface area contributed by atoms with E-state index in [2.05, 4.69) is 88.3 Å². The van der Waals surface area contributed by atoms with Crippen LogP contribution in [0.3, 0.4) is 0 Å². The lowest BCUT2D eigenvalue weighted by atomic mass is 9.83. The summed E-state index contributed by atoms with van der Waals surface area (Å²) in [6.45, 7) is 21.7. The number of nitrogens with zero attached hydrogens (tertiary/aromatic N) is 2. The molecule has 0 saturated carbocycles. The Kier molecular flexibility index (Phi) is 25.4. The van der Waals surface area contributed by atoms with Crippen molar-refractivity contribution < 1.29 is 4.79 Å². The highest BCUT2D eigenvalue weighted by Gasteiger charge is 2.18. The van der Waals surface area contributed by atoms with Crippen molar-refractivity contribution in [3.63, 3.8) is 0 Å². The van der Waals surface area contributed by atoms with Gasteiger partial charge in [0.1, 0.15) is 0 Å². The van der Waals surface area contributed by atoms with Gasteiger partial charge in [-0.25, -0.2) is 5.01 Å². The molecule has 31 heavy (non-hydrogen) atoms. The van der Waals surface area contributed by atoms with Gasteiger partial charge in [-0.15, -0.1) is 23.3 Å². The summed E-state index contributed by atoms with van der Waals surface area (Å²) in [7, 11) is 4.34. The molecule has 0 unspecified atom stereocenters. The first-order valence-electron chi connectivity index (χ1n) is 11.6. The Labute approximate surface area is 205 Å². The van der Waals surface area contributed by atoms with Crippen LogP contribution in [0.25, 0.3) is 0 Å². The zero-order valence-electron chi connectivity index (χ0n) is 21.8. The zero-order valence-corrected chi connectivity index (χ0v) is 23.6. The average molecular weight is 473 g/mol. The van der Waals surface area contributed by atoms with Gasteiger partial charge in [-0.1, -0.05) is 84.6 Å². The number of hydrogen-bond donors (Lipinski definition) is 2. The molecule has 0 fully saturated rings. The van der Waals surface area contributed by atoms with Gasteiger partial charge in [0.05, 0.1) is 0 Å². The molecule has 0 amide bonds. The number of ketones is 1. The van der Waals surface area contributed by atoms with E-state index < -0.39 is 0 Å². The van der Waals surface area contributed by atoms with E-state index in [1.807, 2.05) is 6.92 Å². The van der Waals surface area contributed by atoms with Crippen molar-refractivity contribution in [2.24, 2.45) is 5.41 Å². The highest BCUT2D eigenvalue weighted by atomic mass is 33.1. The van der Waals surface area contributed by atoms with E-state index in [1.54, 1.807) is 6.08 Å². The van der Waals surface area contributed by atoms with Crippen molar-refractivity contribution in [3.05, 3.63) is 36.6 Å². The molecule has 5 heteroatoms. The van der Waals surface area contributed by atoms with Gasteiger partial charge in [0, 0.05) is 26.3 Å². The number of carbonyl (C=O) groups excluding carboxylic acids is 1. The van der Waals surface area contributed by atoms with Gasteiger partial charge in [-0.2, -0.15) is 0 Å². The Hall–Kier alpha value is -0.650. The van der Waals surface area contributed by atoms with Gasteiger partial charge in [0.15, 0.2) is 5.78 Å². The van der Waals surface area contributed by atoms with Crippen LogP contribution in [0.1, 0.15) is 99.3 Å². The van der Waals surface area contributed by atoms with E-state index in [4.69, 9.17) is 0 Å². The summed E-state index contributed by atoms with van der Waals surface area (Å²) in [6.07, 6.45) is 14.8. The van der Waals surface area contributed by atoms with E-state index in [9.17, 15) is 4.79 Å². The van der Waals surface area contributed by atoms with Crippen molar-refractivity contribution >= 4 is 29.1 Å². The van der Waals surface area contributed by atoms with E-state index in [1.165, 1.54) is 70.1 Å². The molecular formula is C26H52N2OS2. The molecule has 0 atom stereocenters. The second-order valence-corrected chi connectivity index (χ2v) is 9.09. The lowest BCUT2D eigenvalue weighted by Crippen LogP contribution is -2.36. The minimum atomic E-state index is 0.0630. The maximum Gasteiger partial charge on any atom is 0.152 e. The van der Waals surface area contributed by atoms with Gasteiger partial charge in [-0.3, -0.25) is 4.79 Å². The predicted molar refractivity (Wildman–Crippen MR) is 149 cm³/mol. The molecule has 0 rings (SSSR count). The molecule has 0 aromatic heterocycles. The fourth-order valence-electron chi connectivity index (χ4n) is 3.04. The molecule has 0 aliphatic carbocycles. The van der Waals surface area contributed by atoms with Crippen molar-refractivity contribution in [3.8, 4) is 0 Å². The fourth-order valence-corrected chi connectivity index (χ4v) is 3.04. The zero-order chi connectivity index (χ0) is 24.9. The lowest BCUT2D eigenvalue weighted by Gasteiger charge is -2.33. The van der Waals surface area contributed by atoms with E-state index >= 15 is 0 Å². The quantitative estimate of drug-likeness (QED) is 0.0625. The SMILES string of the molecule is C=C(C)/C=C\C(C)=O.C=C(CCC(C)(C)CCC)N(C)N(C)CCCCCCC.SS. The maximum atomic E-state index is 10.2. The van der Waals surface area contributed by atoms with Gasteiger partial charge < -0.3 is 5.01 Å². The summed E-state index contributed by atoms with van der Waals surface area (Å²) in [5.74, 6) is 0.0630. The number of hydrogen-bond acceptors (Lipinski definition) is 5. The summed E-state index contributed by atoms with van der Waals surface area (Å²) < 4.78 is 0. The summed E-state index contributed by atoms with van der Waals surface area (Å²) in [5.41, 5.74) is 2.59. The Morgan fingerprint density at radius 2 is 1.45 bits per heavy atom. The monoisotopic (exact) mass is 472 g/mol. The van der Waals surface area contributed by atoms with E-state index in [0.29, 0.717) is 5.41 Å². The second kappa shape index (κ2) is 22.5. The Balaban J connectivity index is -0.000000655. The molecule has 0 aromatic carbocycles. The van der Waals surface area contributed by atoms with E-state index in [0.717, 1.165) is 18.5 Å². The van der Waals surface area contributed by atoms with Crippen LogP contribution in [0.4, 0.5) is 0 Å². The summed E-state index contributed by atoms with van der Waals surface area (Å²) in [5, 5.41) is 4.57. The van der Waals surface area contributed by atoms with Crippen LogP contribution >= 0.6 is 23.3 Å². The highest BCUT2D eigenvalue weighted by molar-refractivity contribution is 8.59. The first-order valence-corrected chi connectivity index (χ1v) is 13.2. The van der Waals surface area contributed by atoms with Gasteiger partial charge in [-0.05, 0) is 51.0 Å². The third kappa shape index (κ3) is 25.5. The minimum Gasteiger partial charge on any atom is -0.314 e. The number of hydrazine groups is 1. The summed E-state index contributed by atoms with van der Waals surface area (Å²) in [6, 6.07) is 0. The molecular weight excluding hydrogens is 420 g/mol. The molecule has 0 aromatic rings. The molecule has 0 radical (unpaired) electrons. The number of unbranched alkanes of at least 4 members (excludes halogenated alkanes) is 4. The Morgan fingerprint density at radius 3 is 1.87 bits per heavy atom. The molecule has 0 bridgehead atoms. The third-order valence-electron chi connectivity index (χ3n) is 5.17. The molecule has 0 spiro atoms. The van der Waals surface area contributed by atoms with Crippen molar-refractivity contribution in [2.75, 3.05) is 20.6 Å². The number of thiol groups is 2. The van der Waals surface area contributed by atoms with Crippen LogP contribution in [0, 0.1) is 5.41 Å². The topological polar surface area (TPSA) is 23.6 Å². The molecule has 0 saturated heterocycles. The first-order chi connectivity index (χ1) is 14.5. The van der Waals surface area contributed by atoms with Crippen LogP contribution < -0.4 is 0 Å². The molecule has 184 valence electrons. The van der Waals surface area contributed by atoms with Crippen molar-refractivity contribution in [2.45, 2.75) is 99.3 Å². The molecule has 0 heterocycles. The molecule has 0 aliphatic rings. The predicted octanol–water partition coefficient (Wildman–Crippen LogP) is 8.32. The Bertz CT molecular complexity index is 486. The molecule has 0 aliphatic heterocycles. The van der Waals surface area contributed by atoms with Crippen LogP contribution in [0.2, 0.25) is 0 Å². The number of carbonyl (C=O) groups is 1. The van der Waals surface area contributed by atoms with Crippen molar-refractivity contribution in [1.29, 1.82) is 0 Å². The number of allylic oxidation sites excluding steroid dienone is 4. The minimum absolute atomic E-state index is 0.0630. The second-order valence-electron chi connectivity index (χ2n) is 9.09. The summed E-state index contributed by atoms with van der Waals surface area (Å²) in [4.78, 5) is 10.2. The largest absolute Gasteiger partial charge is 0.314 e. The average Bonchev–Trinajstić information content (AvgIpc) is 2.71. The highest BCUT2D eigenvalue weighted by Crippen LogP contribution is 2.30. The standard InChI is InChI=1S/C19H40N2.C7H10O.H2S2/c1-8-10-11-12-13-17-20(6)21(7)18(3)14-16-19(4,5)15-9-2;1-6(2)4-5-7(3)8;1-2/h3,8-17H2,1-2,4-7H3;4-5H,1H2,2-3H3;1-2H/b;5-4-;. The van der Waals surface area contributed by atoms with Gasteiger partial charge >= 0.3 is 0 Å². The summed E-state index contributed by atoms with van der Waals surface area (Å²) >= 11 is 6.44. The van der Waals surface area contributed by atoms with Crippen LogP contribution in [-0.2, 0) is 4.79 Å². The van der Waals surface area contributed by atoms with Gasteiger partial charge in [0.25, 0.3) is 0 Å². The molecule has 3 nitrogen and oxygen atoms in total. The third-order valence-corrected chi connectivity index (χ3v) is 5.17. The van der Waals surface area contributed by atoms with Crippen LogP contribution in [0.15, 0.2) is 36.6 Å². The van der Waals surface area contributed by atoms with Crippen LogP contribution in [-0.4, -0.2) is 36.4 Å². The Morgan fingerprint density at radius 1 is 0.903 bits per heavy atom. The maximum absolute atomic E-state index is 10.2. The lowest BCUT2D eigenvalue weighted by molar-refractivity contribution is -0.112. The number of rotatable bonds is 15. The normalized spacial score (nSPS) is 10.8. The smallest absolute Gasteiger partial charge is 0.152 e. The molecule has 0 N–H and O–H groups in total. The first kappa shape index (κ1) is 35.0. The van der Waals surface area contributed by atoms with Crippen LogP contribution in [0.5, 0.6) is 0 Å².